The number of hydrogen-bond acceptors (Lipinski definition) is 6. The molecule has 4 atom stereocenters. The second kappa shape index (κ2) is 13.9. The van der Waals surface area contributed by atoms with Gasteiger partial charge >= 0.3 is 5.97 Å². The number of amides is 3. The van der Waals surface area contributed by atoms with E-state index in [1.165, 1.54) is 7.11 Å². The number of nitrogens with zero attached hydrogens (tertiary/aromatic N) is 1. The van der Waals surface area contributed by atoms with Gasteiger partial charge in [0, 0.05) is 32.7 Å². The molecule has 10 nitrogen and oxygen atoms in total. The lowest BCUT2D eigenvalue weighted by molar-refractivity contribution is -0.143. The Bertz CT molecular complexity index is 1130. The van der Waals surface area contributed by atoms with Crippen LogP contribution in [0.25, 0.3) is 10.8 Å². The Morgan fingerprint density at radius 2 is 1.89 bits per heavy atom. The normalized spacial score (nSPS) is 17.6. The van der Waals surface area contributed by atoms with Gasteiger partial charge in [-0.1, -0.05) is 62.7 Å². The number of nitrogens with one attached hydrogen (secondary N) is 3. The van der Waals surface area contributed by atoms with Crippen molar-refractivity contribution in [3.05, 3.63) is 48.0 Å². The van der Waals surface area contributed by atoms with Crippen molar-refractivity contribution in [3.63, 3.8) is 0 Å². The van der Waals surface area contributed by atoms with Crippen LogP contribution in [0.5, 0.6) is 0 Å². The van der Waals surface area contributed by atoms with E-state index < -0.39 is 24.0 Å². The maximum Gasteiger partial charge on any atom is 0.328 e. The summed E-state index contributed by atoms with van der Waals surface area (Å²) in [6, 6.07) is 12.0. The molecule has 0 aromatic heterocycles. The van der Waals surface area contributed by atoms with E-state index in [2.05, 4.69) is 16.0 Å². The summed E-state index contributed by atoms with van der Waals surface area (Å²) in [4.78, 5) is 51.0. The minimum atomic E-state index is -1.18. The average Bonchev–Trinajstić information content (AvgIpc) is 3.34. The van der Waals surface area contributed by atoms with Gasteiger partial charge in [-0.05, 0) is 28.7 Å². The summed E-state index contributed by atoms with van der Waals surface area (Å²) in [5.41, 5.74) is 1.01. The molecular formula is C28H38N4O6. The first-order valence-corrected chi connectivity index (χ1v) is 13.0. The van der Waals surface area contributed by atoms with Crippen LogP contribution >= 0.6 is 0 Å². The molecule has 0 spiro atoms. The summed E-state index contributed by atoms with van der Waals surface area (Å²) in [5.74, 6) is -1.91. The topological polar surface area (TPSA) is 137 Å². The molecule has 1 fully saturated rings. The van der Waals surface area contributed by atoms with E-state index in [1.54, 1.807) is 0 Å². The van der Waals surface area contributed by atoms with Crippen LogP contribution < -0.4 is 16.0 Å². The molecule has 2 aromatic carbocycles. The SMILES string of the molecule is CC[C@H](C)[C@@H](CN(CC(=O)N[C@@H](COC)C(=O)O)Cc1cccc2ccccc12)NC(=O)[C@@H]1CCC(=O)N1. The highest BCUT2D eigenvalue weighted by Gasteiger charge is 2.31. The third-order valence-corrected chi connectivity index (χ3v) is 7.03. The first-order valence-electron chi connectivity index (χ1n) is 13.0. The molecule has 10 heteroatoms. The highest BCUT2D eigenvalue weighted by molar-refractivity contribution is 5.91. The minimum Gasteiger partial charge on any atom is -0.480 e. The summed E-state index contributed by atoms with van der Waals surface area (Å²) in [6.45, 7) is 4.63. The number of carbonyl (C=O) groups excluding carboxylic acids is 3. The van der Waals surface area contributed by atoms with Crippen molar-refractivity contribution in [2.75, 3.05) is 26.8 Å². The zero-order chi connectivity index (χ0) is 27.7. The number of carbonyl (C=O) groups is 4. The van der Waals surface area contributed by atoms with Crippen LogP contribution in [0.2, 0.25) is 0 Å². The van der Waals surface area contributed by atoms with E-state index in [0.29, 0.717) is 25.9 Å². The van der Waals surface area contributed by atoms with E-state index in [4.69, 9.17) is 4.74 Å². The average molecular weight is 527 g/mol. The predicted molar refractivity (Wildman–Crippen MR) is 143 cm³/mol. The van der Waals surface area contributed by atoms with E-state index in [1.807, 2.05) is 61.2 Å². The number of ether oxygens (including phenoxy) is 1. The van der Waals surface area contributed by atoms with Crippen LogP contribution in [0.3, 0.4) is 0 Å². The van der Waals surface area contributed by atoms with Crippen LogP contribution in [0.1, 0.15) is 38.7 Å². The van der Waals surface area contributed by atoms with E-state index >= 15 is 0 Å². The van der Waals surface area contributed by atoms with Crippen molar-refractivity contribution in [1.82, 2.24) is 20.9 Å². The van der Waals surface area contributed by atoms with Gasteiger partial charge in [-0.3, -0.25) is 19.3 Å². The number of carboxylic acids is 1. The molecule has 206 valence electrons. The largest absolute Gasteiger partial charge is 0.480 e. The number of benzene rings is 2. The highest BCUT2D eigenvalue weighted by atomic mass is 16.5. The fraction of sp³-hybridized carbons (Fsp3) is 0.500. The summed E-state index contributed by atoms with van der Waals surface area (Å²) in [6.07, 6.45) is 1.58. The van der Waals surface area contributed by atoms with Crippen LogP contribution in [-0.2, 0) is 30.5 Å². The molecule has 1 aliphatic rings. The molecule has 0 bridgehead atoms. The van der Waals surface area contributed by atoms with Gasteiger partial charge in [0.05, 0.1) is 13.2 Å². The molecule has 0 saturated carbocycles. The van der Waals surface area contributed by atoms with Gasteiger partial charge < -0.3 is 25.8 Å². The molecule has 0 radical (unpaired) electrons. The Balaban J connectivity index is 1.83. The maximum atomic E-state index is 13.0. The molecular weight excluding hydrogens is 488 g/mol. The molecule has 1 saturated heterocycles. The lowest BCUT2D eigenvalue weighted by Crippen LogP contribution is -2.54. The van der Waals surface area contributed by atoms with Gasteiger partial charge in [0.25, 0.3) is 0 Å². The van der Waals surface area contributed by atoms with Crippen molar-refractivity contribution in [2.45, 2.75) is 57.8 Å². The van der Waals surface area contributed by atoms with E-state index in [0.717, 1.165) is 22.8 Å². The van der Waals surface area contributed by atoms with Crippen LogP contribution in [-0.4, -0.2) is 78.6 Å². The lowest BCUT2D eigenvalue weighted by Gasteiger charge is -2.32. The number of methoxy groups -OCH3 is 1. The first kappa shape index (κ1) is 29.1. The standard InChI is InChI=1S/C28H38N4O6/c1-4-18(2)23(31-27(35)22-12-13-25(33)29-22)15-32(16-26(34)30-24(17-38-3)28(36)37)14-20-10-7-9-19-8-5-6-11-21(19)20/h5-11,18,22-24H,4,12-17H2,1-3H3,(H,29,33)(H,30,34)(H,31,35)(H,36,37)/t18-,22-,23+,24-/m0/s1. The van der Waals surface area contributed by atoms with Crippen molar-refractivity contribution in [1.29, 1.82) is 0 Å². The second-order valence-electron chi connectivity index (χ2n) is 9.88. The number of carboxylic acid groups (broad SMARTS) is 1. The van der Waals surface area contributed by atoms with Crippen LogP contribution in [0, 0.1) is 5.92 Å². The second-order valence-corrected chi connectivity index (χ2v) is 9.88. The van der Waals surface area contributed by atoms with Crippen molar-refractivity contribution < 1.29 is 29.0 Å². The van der Waals surface area contributed by atoms with Crippen molar-refractivity contribution in [3.8, 4) is 0 Å². The van der Waals surface area contributed by atoms with Gasteiger partial charge in [0.15, 0.2) is 6.04 Å². The summed E-state index contributed by atoms with van der Waals surface area (Å²) < 4.78 is 4.94. The van der Waals surface area contributed by atoms with Gasteiger partial charge in [-0.15, -0.1) is 0 Å². The molecule has 3 amide bonds. The molecule has 3 rings (SSSR count). The predicted octanol–water partition coefficient (Wildman–Crippen LogP) is 1.67. The van der Waals surface area contributed by atoms with Gasteiger partial charge in [0.1, 0.15) is 6.04 Å². The zero-order valence-electron chi connectivity index (χ0n) is 22.2. The molecule has 1 heterocycles. The summed E-state index contributed by atoms with van der Waals surface area (Å²) in [5, 5.41) is 19.9. The van der Waals surface area contributed by atoms with Crippen molar-refractivity contribution >= 4 is 34.5 Å². The molecule has 0 unspecified atom stereocenters. The Morgan fingerprint density at radius 3 is 2.55 bits per heavy atom. The smallest absolute Gasteiger partial charge is 0.328 e. The molecule has 4 N–H and O–H groups in total. The quantitative estimate of drug-likeness (QED) is 0.294. The maximum absolute atomic E-state index is 13.0. The number of aliphatic carboxylic acids is 1. The minimum absolute atomic E-state index is 0.0698. The fourth-order valence-electron chi connectivity index (χ4n) is 4.67. The molecule has 38 heavy (non-hydrogen) atoms. The van der Waals surface area contributed by atoms with Crippen LogP contribution in [0.15, 0.2) is 42.5 Å². The van der Waals surface area contributed by atoms with E-state index in [-0.39, 0.29) is 36.9 Å². The molecule has 1 aliphatic heterocycles. The van der Waals surface area contributed by atoms with E-state index in [9.17, 15) is 24.3 Å². The van der Waals surface area contributed by atoms with Crippen molar-refractivity contribution in [2.24, 2.45) is 5.92 Å². The first-order chi connectivity index (χ1) is 18.2. The van der Waals surface area contributed by atoms with Gasteiger partial charge in [-0.2, -0.15) is 0 Å². The number of hydrogen-bond donors (Lipinski definition) is 4. The third-order valence-electron chi connectivity index (χ3n) is 7.03. The van der Waals surface area contributed by atoms with Gasteiger partial charge in [0.2, 0.25) is 17.7 Å². The Morgan fingerprint density at radius 1 is 1.16 bits per heavy atom. The molecule has 0 aliphatic carbocycles. The Labute approximate surface area is 223 Å². The molecule has 2 aromatic rings. The summed E-state index contributed by atoms with van der Waals surface area (Å²) in [7, 11) is 1.38. The van der Waals surface area contributed by atoms with Gasteiger partial charge in [-0.25, -0.2) is 4.79 Å². The fourth-order valence-corrected chi connectivity index (χ4v) is 4.67. The Kier molecular flexibility index (Phi) is 10.6. The third kappa shape index (κ3) is 8.00. The monoisotopic (exact) mass is 526 g/mol. The Hall–Kier alpha value is -3.50. The highest BCUT2D eigenvalue weighted by Crippen LogP contribution is 2.21. The number of fused-ring (bicyclic) bond motifs is 1. The number of rotatable bonds is 14. The summed E-state index contributed by atoms with van der Waals surface area (Å²) >= 11 is 0. The van der Waals surface area contributed by atoms with Crippen LogP contribution in [0.4, 0.5) is 0 Å². The zero-order valence-corrected chi connectivity index (χ0v) is 22.2. The lowest BCUT2D eigenvalue weighted by atomic mass is 9.97.